The minimum atomic E-state index is -3.46. The molecule has 4 nitrogen and oxygen atoms in total. The Balaban J connectivity index is 2.27. The van der Waals surface area contributed by atoms with Crippen molar-refractivity contribution in [1.29, 1.82) is 0 Å². The second-order valence-electron chi connectivity index (χ2n) is 5.14. The molecule has 6 heteroatoms. The van der Waals surface area contributed by atoms with Gasteiger partial charge in [0.1, 0.15) is 5.75 Å². The quantitative estimate of drug-likeness (QED) is 0.857. The first-order chi connectivity index (χ1) is 9.45. The van der Waals surface area contributed by atoms with Crippen molar-refractivity contribution in [2.45, 2.75) is 31.6 Å². The largest absolute Gasteiger partial charge is 0.492 e. The molecule has 0 radical (unpaired) electrons. The smallest absolute Gasteiger partial charge is 0.243 e. The number of benzene rings is 1. The summed E-state index contributed by atoms with van der Waals surface area (Å²) in [5, 5.41) is 0.331. The van der Waals surface area contributed by atoms with Crippen LogP contribution >= 0.6 is 11.6 Å². The topological polar surface area (TPSA) is 46.6 Å². The molecule has 0 spiro atoms. The lowest BCUT2D eigenvalue weighted by Gasteiger charge is -2.30. The Morgan fingerprint density at radius 3 is 2.80 bits per heavy atom. The van der Waals surface area contributed by atoms with Crippen molar-refractivity contribution in [3.63, 3.8) is 0 Å². The molecule has 0 saturated carbocycles. The van der Waals surface area contributed by atoms with Gasteiger partial charge in [0.2, 0.25) is 10.0 Å². The average Bonchev–Trinajstić information content (AvgIpc) is 2.41. The van der Waals surface area contributed by atoms with E-state index in [2.05, 4.69) is 6.92 Å². The van der Waals surface area contributed by atoms with E-state index in [9.17, 15) is 8.42 Å². The molecule has 112 valence electrons. The highest BCUT2D eigenvalue weighted by atomic mass is 35.5. The van der Waals surface area contributed by atoms with Crippen LogP contribution in [0.2, 0.25) is 5.02 Å². The zero-order valence-electron chi connectivity index (χ0n) is 11.8. The predicted molar refractivity (Wildman–Crippen MR) is 79.8 cm³/mol. The second kappa shape index (κ2) is 6.33. The van der Waals surface area contributed by atoms with Crippen molar-refractivity contribution in [3.05, 3.63) is 23.2 Å². The van der Waals surface area contributed by atoms with Crippen LogP contribution in [-0.4, -0.2) is 32.4 Å². The summed E-state index contributed by atoms with van der Waals surface area (Å²) in [4.78, 5) is 0.236. The van der Waals surface area contributed by atoms with Gasteiger partial charge in [0.15, 0.2) is 0 Å². The first-order valence-corrected chi connectivity index (χ1v) is 8.69. The van der Waals surface area contributed by atoms with Crippen molar-refractivity contribution in [3.8, 4) is 5.75 Å². The van der Waals surface area contributed by atoms with Gasteiger partial charge in [-0.15, -0.1) is 0 Å². The fraction of sp³-hybridized carbons (Fsp3) is 0.571. The number of ether oxygens (including phenoxy) is 1. The Morgan fingerprint density at radius 1 is 1.45 bits per heavy atom. The van der Waals surface area contributed by atoms with Crippen LogP contribution in [0.25, 0.3) is 0 Å². The van der Waals surface area contributed by atoms with Gasteiger partial charge in [-0.1, -0.05) is 18.5 Å². The second-order valence-corrected chi connectivity index (χ2v) is 7.48. The molecule has 1 unspecified atom stereocenters. The number of halogens is 1. The first-order valence-electron chi connectivity index (χ1n) is 6.87. The molecule has 1 aliphatic rings. The fourth-order valence-corrected chi connectivity index (χ4v) is 4.35. The van der Waals surface area contributed by atoms with E-state index in [1.165, 1.54) is 6.07 Å². The minimum Gasteiger partial charge on any atom is -0.492 e. The summed E-state index contributed by atoms with van der Waals surface area (Å²) < 4.78 is 32.0. The highest BCUT2D eigenvalue weighted by Gasteiger charge is 2.29. The molecular weight excluding hydrogens is 298 g/mol. The van der Waals surface area contributed by atoms with Crippen LogP contribution in [0.15, 0.2) is 23.1 Å². The molecule has 1 aromatic rings. The molecule has 1 fully saturated rings. The van der Waals surface area contributed by atoms with Crippen molar-refractivity contribution in [2.24, 2.45) is 5.92 Å². The van der Waals surface area contributed by atoms with E-state index < -0.39 is 10.0 Å². The number of sulfonamides is 1. The Kier molecular flexibility index (Phi) is 4.94. The van der Waals surface area contributed by atoms with Crippen LogP contribution in [0.3, 0.4) is 0 Å². The summed E-state index contributed by atoms with van der Waals surface area (Å²) in [6, 6.07) is 4.65. The van der Waals surface area contributed by atoms with Gasteiger partial charge in [-0.25, -0.2) is 8.42 Å². The van der Waals surface area contributed by atoms with Crippen molar-refractivity contribution >= 4 is 21.6 Å². The minimum absolute atomic E-state index is 0.236. The van der Waals surface area contributed by atoms with Crippen LogP contribution < -0.4 is 4.74 Å². The summed E-state index contributed by atoms with van der Waals surface area (Å²) >= 11 is 6.07. The van der Waals surface area contributed by atoms with Gasteiger partial charge in [0.25, 0.3) is 0 Å². The van der Waals surface area contributed by atoms with Gasteiger partial charge in [0.05, 0.1) is 16.5 Å². The van der Waals surface area contributed by atoms with Crippen LogP contribution in [0.1, 0.15) is 26.7 Å². The summed E-state index contributed by atoms with van der Waals surface area (Å²) in [5.41, 5.74) is 0. The number of piperidine rings is 1. The van der Waals surface area contributed by atoms with Crippen molar-refractivity contribution in [1.82, 2.24) is 4.31 Å². The third kappa shape index (κ3) is 3.27. The fourth-order valence-electron chi connectivity index (χ4n) is 2.43. The molecular formula is C14H20ClNO3S. The zero-order chi connectivity index (χ0) is 14.8. The highest BCUT2D eigenvalue weighted by Crippen LogP contribution is 2.30. The number of hydrogen-bond donors (Lipinski definition) is 0. The molecule has 0 aliphatic carbocycles. The van der Waals surface area contributed by atoms with Crippen LogP contribution in [0.4, 0.5) is 0 Å². The van der Waals surface area contributed by atoms with E-state index in [-0.39, 0.29) is 4.90 Å². The lowest BCUT2D eigenvalue weighted by atomic mass is 10.0. The van der Waals surface area contributed by atoms with E-state index in [0.29, 0.717) is 36.4 Å². The Labute approximate surface area is 125 Å². The number of nitrogens with zero attached hydrogens (tertiary/aromatic N) is 1. The summed E-state index contributed by atoms with van der Waals surface area (Å²) in [7, 11) is -3.46. The molecule has 1 saturated heterocycles. The SMILES string of the molecule is CCOc1ccc(S(=O)(=O)N2CCCC(C)C2)cc1Cl. The van der Waals surface area contributed by atoms with Crippen LogP contribution in [-0.2, 0) is 10.0 Å². The molecule has 20 heavy (non-hydrogen) atoms. The predicted octanol–water partition coefficient (Wildman–Crippen LogP) is 3.16. The van der Waals surface area contributed by atoms with E-state index >= 15 is 0 Å². The molecule has 1 heterocycles. The normalized spacial score (nSPS) is 20.9. The number of rotatable bonds is 4. The molecule has 0 amide bonds. The molecule has 0 bridgehead atoms. The lowest BCUT2D eigenvalue weighted by molar-refractivity contribution is 0.281. The number of hydrogen-bond acceptors (Lipinski definition) is 3. The van der Waals surface area contributed by atoms with Crippen LogP contribution in [0, 0.1) is 5.92 Å². The molecule has 1 atom stereocenters. The van der Waals surface area contributed by atoms with E-state index in [0.717, 1.165) is 12.8 Å². The Morgan fingerprint density at radius 2 is 2.20 bits per heavy atom. The summed E-state index contributed by atoms with van der Waals surface area (Å²) in [6.07, 6.45) is 1.99. The molecule has 0 aromatic heterocycles. The van der Waals surface area contributed by atoms with E-state index in [1.807, 2.05) is 6.92 Å². The zero-order valence-corrected chi connectivity index (χ0v) is 13.4. The monoisotopic (exact) mass is 317 g/mol. The average molecular weight is 318 g/mol. The third-order valence-corrected chi connectivity index (χ3v) is 5.62. The summed E-state index contributed by atoms with van der Waals surface area (Å²) in [5.74, 6) is 0.914. The van der Waals surface area contributed by atoms with Gasteiger partial charge in [-0.2, -0.15) is 4.31 Å². The maximum Gasteiger partial charge on any atom is 0.243 e. The molecule has 0 N–H and O–H groups in total. The lowest BCUT2D eigenvalue weighted by Crippen LogP contribution is -2.39. The Bertz CT molecular complexity index is 574. The molecule has 1 aromatic carbocycles. The highest BCUT2D eigenvalue weighted by molar-refractivity contribution is 7.89. The Hall–Kier alpha value is -0.780. The third-order valence-electron chi connectivity index (χ3n) is 3.46. The standard InChI is InChI=1S/C14H20ClNO3S/c1-3-19-14-7-6-12(9-13(14)15)20(17,18)16-8-4-5-11(2)10-16/h6-7,9,11H,3-5,8,10H2,1-2H3. The van der Waals surface area contributed by atoms with Crippen molar-refractivity contribution < 1.29 is 13.2 Å². The van der Waals surface area contributed by atoms with Crippen LogP contribution in [0.5, 0.6) is 5.75 Å². The van der Waals surface area contributed by atoms with E-state index in [4.69, 9.17) is 16.3 Å². The molecule has 1 aliphatic heterocycles. The maximum absolute atomic E-state index is 12.6. The van der Waals surface area contributed by atoms with Gasteiger partial charge in [-0.05, 0) is 43.9 Å². The summed E-state index contributed by atoms with van der Waals surface area (Å²) in [6.45, 7) is 5.59. The van der Waals surface area contributed by atoms with E-state index in [1.54, 1.807) is 16.4 Å². The van der Waals surface area contributed by atoms with Gasteiger partial charge in [0, 0.05) is 13.1 Å². The van der Waals surface area contributed by atoms with Crippen molar-refractivity contribution in [2.75, 3.05) is 19.7 Å². The van der Waals surface area contributed by atoms with Gasteiger partial charge < -0.3 is 4.74 Å². The maximum atomic E-state index is 12.6. The van der Waals surface area contributed by atoms with Gasteiger partial charge in [-0.3, -0.25) is 0 Å². The molecule has 2 rings (SSSR count). The first kappa shape index (κ1) is 15.6. The van der Waals surface area contributed by atoms with Gasteiger partial charge >= 0.3 is 0 Å².